The van der Waals surface area contributed by atoms with Crippen molar-refractivity contribution in [1.82, 2.24) is 14.9 Å². The molecule has 5 nitrogen and oxygen atoms in total. The van der Waals surface area contributed by atoms with E-state index in [0.717, 1.165) is 47.1 Å². The molecule has 0 saturated heterocycles. The van der Waals surface area contributed by atoms with Crippen molar-refractivity contribution < 1.29 is 4.74 Å². The summed E-state index contributed by atoms with van der Waals surface area (Å²) in [7, 11) is 1.67. The monoisotopic (exact) mass is 318 g/mol. The molecule has 0 amide bonds. The van der Waals surface area contributed by atoms with Crippen molar-refractivity contribution >= 4 is 5.71 Å². The van der Waals surface area contributed by atoms with Crippen LogP contribution in [-0.4, -0.2) is 27.7 Å². The lowest BCUT2D eigenvalue weighted by molar-refractivity contribution is 0.415. The Morgan fingerprint density at radius 2 is 1.83 bits per heavy atom. The van der Waals surface area contributed by atoms with Gasteiger partial charge in [0.2, 0.25) is 0 Å². The molecule has 4 rings (SSSR count). The third-order valence-corrected chi connectivity index (χ3v) is 4.28. The average molecular weight is 318 g/mol. The minimum absolute atomic E-state index is 0.759. The fourth-order valence-electron chi connectivity index (χ4n) is 2.98. The molecule has 0 saturated carbocycles. The zero-order valence-electron chi connectivity index (χ0n) is 13.7. The van der Waals surface area contributed by atoms with Gasteiger partial charge in [0, 0.05) is 18.4 Å². The van der Waals surface area contributed by atoms with E-state index < -0.39 is 0 Å². The van der Waals surface area contributed by atoms with Gasteiger partial charge in [0.05, 0.1) is 12.8 Å². The topological polar surface area (TPSA) is 52.3 Å². The molecule has 0 fully saturated rings. The number of methoxy groups -OCH3 is 1. The average Bonchev–Trinajstić information content (AvgIpc) is 2.96. The molecule has 0 aliphatic carbocycles. The van der Waals surface area contributed by atoms with Crippen LogP contribution < -0.4 is 4.74 Å². The van der Waals surface area contributed by atoms with E-state index in [2.05, 4.69) is 35.3 Å². The van der Waals surface area contributed by atoms with E-state index >= 15 is 0 Å². The van der Waals surface area contributed by atoms with E-state index in [4.69, 9.17) is 9.84 Å². The van der Waals surface area contributed by atoms with Gasteiger partial charge in [0.25, 0.3) is 0 Å². The van der Waals surface area contributed by atoms with Crippen LogP contribution in [0.2, 0.25) is 0 Å². The predicted molar refractivity (Wildman–Crippen MR) is 93.5 cm³/mol. The summed E-state index contributed by atoms with van der Waals surface area (Å²) in [6.45, 7) is 2.07. The van der Waals surface area contributed by atoms with E-state index in [-0.39, 0.29) is 0 Å². The Labute approximate surface area is 140 Å². The molecule has 0 N–H and O–H groups in total. The zero-order valence-corrected chi connectivity index (χ0v) is 13.7. The van der Waals surface area contributed by atoms with E-state index in [0.29, 0.717) is 0 Å². The van der Waals surface area contributed by atoms with Crippen molar-refractivity contribution in [2.45, 2.75) is 19.8 Å². The molecule has 0 bridgehead atoms. The van der Waals surface area contributed by atoms with E-state index in [9.17, 15) is 0 Å². The molecule has 5 heteroatoms. The molecule has 120 valence electrons. The first-order valence-electron chi connectivity index (χ1n) is 8.05. The molecular formula is C19H18N4O. The maximum atomic E-state index is 5.25. The van der Waals surface area contributed by atoms with Crippen molar-refractivity contribution in [3.8, 4) is 17.1 Å². The molecule has 0 radical (unpaired) electrons. The number of fused-ring (bicyclic) bond motifs is 3. The summed E-state index contributed by atoms with van der Waals surface area (Å²) >= 11 is 0. The maximum absolute atomic E-state index is 5.25. The second-order valence-corrected chi connectivity index (χ2v) is 5.71. The summed E-state index contributed by atoms with van der Waals surface area (Å²) in [6, 6.07) is 16.3. The lowest BCUT2D eigenvalue weighted by Crippen LogP contribution is -2.07. The number of nitrogens with zero attached hydrogens (tertiary/aromatic N) is 4. The lowest BCUT2D eigenvalue weighted by Gasteiger charge is -2.07. The van der Waals surface area contributed by atoms with Crippen molar-refractivity contribution in [3.63, 3.8) is 0 Å². The molecule has 0 unspecified atom stereocenters. The van der Waals surface area contributed by atoms with Gasteiger partial charge >= 0.3 is 0 Å². The van der Waals surface area contributed by atoms with Gasteiger partial charge in [0.15, 0.2) is 11.6 Å². The summed E-state index contributed by atoms with van der Waals surface area (Å²) in [4.78, 5) is 0. The summed E-state index contributed by atoms with van der Waals surface area (Å²) in [5.41, 5.74) is 4.38. The quantitative estimate of drug-likeness (QED) is 0.744. The Bertz CT molecular complexity index is 909. The molecule has 24 heavy (non-hydrogen) atoms. The van der Waals surface area contributed by atoms with Gasteiger partial charge < -0.3 is 4.74 Å². The van der Waals surface area contributed by atoms with Crippen molar-refractivity contribution in [2.24, 2.45) is 5.10 Å². The van der Waals surface area contributed by atoms with Crippen molar-refractivity contribution in [2.75, 3.05) is 7.11 Å². The highest BCUT2D eigenvalue weighted by Gasteiger charge is 2.21. The Morgan fingerprint density at radius 1 is 1.04 bits per heavy atom. The third kappa shape index (κ3) is 2.38. The predicted octanol–water partition coefficient (Wildman–Crippen LogP) is 3.32. The summed E-state index contributed by atoms with van der Waals surface area (Å²) in [6.07, 6.45) is 1.55. The second kappa shape index (κ2) is 5.92. The van der Waals surface area contributed by atoms with Crippen LogP contribution in [-0.2, 0) is 12.8 Å². The molecule has 3 aromatic rings. The lowest BCUT2D eigenvalue weighted by atomic mass is 9.98. The summed E-state index contributed by atoms with van der Waals surface area (Å²) in [5, 5.41) is 13.5. The van der Waals surface area contributed by atoms with Crippen LogP contribution in [0.4, 0.5) is 0 Å². The first-order valence-corrected chi connectivity index (χ1v) is 8.05. The molecule has 2 heterocycles. The van der Waals surface area contributed by atoms with Gasteiger partial charge in [0.1, 0.15) is 5.75 Å². The fraction of sp³-hybridized carbons (Fsp3) is 0.211. The zero-order chi connectivity index (χ0) is 16.5. The van der Waals surface area contributed by atoms with E-state index in [1.165, 1.54) is 5.56 Å². The van der Waals surface area contributed by atoms with E-state index in [1.807, 2.05) is 35.0 Å². The largest absolute Gasteiger partial charge is 0.497 e. The third-order valence-electron chi connectivity index (χ3n) is 4.28. The molecule has 1 aliphatic heterocycles. The van der Waals surface area contributed by atoms with Gasteiger partial charge in [-0.3, -0.25) is 0 Å². The number of benzene rings is 2. The second-order valence-electron chi connectivity index (χ2n) is 5.71. The van der Waals surface area contributed by atoms with E-state index in [1.54, 1.807) is 7.11 Å². The Morgan fingerprint density at radius 3 is 2.58 bits per heavy atom. The minimum atomic E-state index is 0.759. The Hall–Kier alpha value is -2.95. The molecule has 1 aliphatic rings. The van der Waals surface area contributed by atoms with Crippen LogP contribution in [0.15, 0.2) is 53.6 Å². The molecule has 2 aromatic carbocycles. The number of hydrogen-bond donors (Lipinski definition) is 0. The first-order chi connectivity index (χ1) is 11.8. The minimum Gasteiger partial charge on any atom is -0.497 e. The molecule has 0 atom stereocenters. The van der Waals surface area contributed by atoms with Gasteiger partial charge in [-0.2, -0.15) is 9.78 Å². The Kier molecular flexibility index (Phi) is 3.61. The van der Waals surface area contributed by atoms with Gasteiger partial charge in [-0.15, -0.1) is 10.2 Å². The van der Waals surface area contributed by atoms with Crippen molar-refractivity contribution in [1.29, 1.82) is 0 Å². The number of rotatable bonds is 3. The number of ether oxygens (including phenoxy) is 1. The highest BCUT2D eigenvalue weighted by atomic mass is 16.5. The first kappa shape index (κ1) is 14.6. The number of hydrogen-bond acceptors (Lipinski definition) is 4. The smallest absolute Gasteiger partial charge is 0.185 e. The normalized spacial score (nSPS) is 12.8. The van der Waals surface area contributed by atoms with Crippen LogP contribution in [0.1, 0.15) is 23.9 Å². The fourth-order valence-corrected chi connectivity index (χ4v) is 2.98. The molecular weight excluding hydrogens is 300 g/mol. The van der Waals surface area contributed by atoms with Gasteiger partial charge in [-0.05, 0) is 35.4 Å². The molecule has 0 spiro atoms. The van der Waals surface area contributed by atoms with Crippen LogP contribution >= 0.6 is 0 Å². The van der Waals surface area contributed by atoms with Crippen LogP contribution in [0.5, 0.6) is 5.75 Å². The Balaban J connectivity index is 1.89. The highest BCUT2D eigenvalue weighted by Crippen LogP contribution is 2.28. The van der Waals surface area contributed by atoms with Crippen LogP contribution in [0, 0.1) is 0 Å². The standard InChI is InChI=1S/C19H18N4O/c1-3-18-20-21-19-16-7-5-4-6-14(16)12-17(22-23(18)19)13-8-10-15(24-2)11-9-13/h4-11H,3,12H2,1-2H3. The highest BCUT2D eigenvalue weighted by molar-refractivity contribution is 6.03. The van der Waals surface area contributed by atoms with Gasteiger partial charge in [-0.25, -0.2) is 0 Å². The molecule has 1 aromatic heterocycles. The van der Waals surface area contributed by atoms with Gasteiger partial charge in [-0.1, -0.05) is 31.2 Å². The number of aromatic nitrogens is 3. The SMILES string of the molecule is CCc1nnc2n1N=C(c1ccc(OC)cc1)Cc1ccccc1-2. The number of aryl methyl sites for hydroxylation is 1. The van der Waals surface area contributed by atoms with Crippen molar-refractivity contribution in [3.05, 3.63) is 65.5 Å². The van der Waals surface area contributed by atoms with Crippen LogP contribution in [0.3, 0.4) is 0 Å². The summed E-state index contributed by atoms with van der Waals surface area (Å²) < 4.78 is 7.13. The van der Waals surface area contributed by atoms with Crippen LogP contribution in [0.25, 0.3) is 11.4 Å². The maximum Gasteiger partial charge on any atom is 0.185 e. The summed E-state index contributed by atoms with van der Waals surface area (Å²) in [5.74, 6) is 2.52.